The van der Waals surface area contributed by atoms with E-state index in [1.165, 1.54) is 12.1 Å². The fourth-order valence-corrected chi connectivity index (χ4v) is 0.907. The molecule has 68 valence electrons. The highest BCUT2D eigenvalue weighted by molar-refractivity contribution is 6.15. The Morgan fingerprint density at radius 2 is 2.23 bits per heavy atom. The summed E-state index contributed by atoms with van der Waals surface area (Å²) in [4.78, 5) is 7.77. The number of nitrogens with zero attached hydrogens (tertiary/aromatic N) is 2. The number of hydrogen-bond donors (Lipinski definition) is 0. The van der Waals surface area contributed by atoms with Crippen molar-refractivity contribution in [2.45, 2.75) is 6.54 Å². The van der Waals surface area contributed by atoms with Gasteiger partial charge in [0.2, 0.25) is 0 Å². The smallest absolute Gasteiger partial charge is 0.123 e. The van der Waals surface area contributed by atoms with Gasteiger partial charge in [-0.15, -0.1) is 0 Å². The summed E-state index contributed by atoms with van der Waals surface area (Å²) in [6.45, 7) is 0.490. The zero-order valence-electron chi connectivity index (χ0n) is 7.44. The molecule has 3 heteroatoms. The van der Waals surface area contributed by atoms with Crippen LogP contribution in [0.25, 0.3) is 0 Å². The third kappa shape index (κ3) is 3.60. The maximum absolute atomic E-state index is 12.7. The van der Waals surface area contributed by atoms with E-state index in [4.69, 9.17) is 0 Å². The van der Waals surface area contributed by atoms with Gasteiger partial charge in [-0.1, -0.05) is 12.1 Å². The third-order valence-corrected chi connectivity index (χ3v) is 1.48. The molecule has 1 aromatic carbocycles. The van der Waals surface area contributed by atoms with Crippen LogP contribution in [0.4, 0.5) is 4.39 Å². The van der Waals surface area contributed by atoms with E-state index < -0.39 is 0 Å². The van der Waals surface area contributed by atoms with E-state index in [0.717, 1.165) is 5.56 Å². The standard InChI is InChI=1S/C10H11FN2/c1-12-5-6-13-8-9-3-2-4-10(11)7-9/h2-7H,8H2,1H3. The Morgan fingerprint density at radius 1 is 1.38 bits per heavy atom. The Hall–Kier alpha value is -1.51. The highest BCUT2D eigenvalue weighted by Crippen LogP contribution is 2.03. The normalized spacial score (nSPS) is 11.5. The number of benzene rings is 1. The lowest BCUT2D eigenvalue weighted by atomic mass is 10.2. The molecular formula is C10H11FN2. The zero-order chi connectivity index (χ0) is 9.52. The summed E-state index contributed by atoms with van der Waals surface area (Å²) >= 11 is 0. The minimum atomic E-state index is -0.225. The van der Waals surface area contributed by atoms with Gasteiger partial charge in [0.1, 0.15) is 5.82 Å². The molecule has 0 saturated heterocycles. The highest BCUT2D eigenvalue weighted by atomic mass is 19.1. The molecule has 1 rings (SSSR count). The van der Waals surface area contributed by atoms with Crippen LogP contribution in [-0.2, 0) is 6.54 Å². The van der Waals surface area contributed by atoms with Crippen LogP contribution >= 0.6 is 0 Å². The lowest BCUT2D eigenvalue weighted by Gasteiger charge is -1.94. The molecule has 0 unspecified atom stereocenters. The van der Waals surface area contributed by atoms with Gasteiger partial charge in [0, 0.05) is 19.5 Å². The van der Waals surface area contributed by atoms with Gasteiger partial charge in [-0.3, -0.25) is 9.98 Å². The minimum Gasteiger partial charge on any atom is -0.295 e. The van der Waals surface area contributed by atoms with Crippen LogP contribution in [0.5, 0.6) is 0 Å². The van der Waals surface area contributed by atoms with E-state index in [1.54, 1.807) is 25.5 Å². The van der Waals surface area contributed by atoms with E-state index in [9.17, 15) is 4.39 Å². The van der Waals surface area contributed by atoms with Crippen LogP contribution in [0.3, 0.4) is 0 Å². The topological polar surface area (TPSA) is 24.7 Å². The van der Waals surface area contributed by atoms with Gasteiger partial charge in [0.15, 0.2) is 0 Å². The first-order valence-electron chi connectivity index (χ1n) is 3.98. The first kappa shape index (κ1) is 9.58. The van der Waals surface area contributed by atoms with Gasteiger partial charge < -0.3 is 0 Å². The summed E-state index contributed by atoms with van der Waals surface area (Å²) in [5, 5.41) is 0. The summed E-state index contributed by atoms with van der Waals surface area (Å²) in [6, 6.07) is 6.40. The molecule has 0 aromatic heterocycles. The maximum Gasteiger partial charge on any atom is 0.123 e. The summed E-state index contributed by atoms with van der Waals surface area (Å²) in [5.41, 5.74) is 0.862. The lowest BCUT2D eigenvalue weighted by molar-refractivity contribution is 0.625. The Morgan fingerprint density at radius 3 is 2.92 bits per heavy atom. The van der Waals surface area contributed by atoms with Crippen molar-refractivity contribution in [1.82, 2.24) is 0 Å². The van der Waals surface area contributed by atoms with Gasteiger partial charge in [-0.05, 0) is 17.7 Å². The van der Waals surface area contributed by atoms with Crippen molar-refractivity contribution in [3.05, 3.63) is 35.6 Å². The van der Waals surface area contributed by atoms with Crippen LogP contribution in [-0.4, -0.2) is 19.5 Å². The summed E-state index contributed by atoms with van der Waals surface area (Å²) in [6.07, 6.45) is 3.20. The largest absolute Gasteiger partial charge is 0.295 e. The van der Waals surface area contributed by atoms with Crippen molar-refractivity contribution in [2.75, 3.05) is 7.05 Å². The second kappa shape index (κ2) is 5.19. The average molecular weight is 178 g/mol. The molecule has 0 amide bonds. The second-order valence-corrected chi connectivity index (χ2v) is 2.53. The molecule has 0 heterocycles. The average Bonchev–Trinajstić information content (AvgIpc) is 2.13. The quantitative estimate of drug-likeness (QED) is 0.633. The van der Waals surface area contributed by atoms with E-state index in [0.29, 0.717) is 6.54 Å². The summed E-state index contributed by atoms with van der Waals surface area (Å²) in [5.74, 6) is -0.225. The van der Waals surface area contributed by atoms with Gasteiger partial charge in [-0.2, -0.15) is 0 Å². The zero-order valence-corrected chi connectivity index (χ0v) is 7.44. The Balaban J connectivity index is 2.54. The fourth-order valence-electron chi connectivity index (χ4n) is 0.907. The first-order chi connectivity index (χ1) is 6.33. The van der Waals surface area contributed by atoms with Crippen molar-refractivity contribution in [2.24, 2.45) is 9.98 Å². The van der Waals surface area contributed by atoms with Gasteiger partial charge in [0.25, 0.3) is 0 Å². The molecule has 0 aliphatic rings. The minimum absolute atomic E-state index is 0.225. The van der Waals surface area contributed by atoms with Crippen LogP contribution in [0.2, 0.25) is 0 Å². The summed E-state index contributed by atoms with van der Waals surface area (Å²) < 4.78 is 12.7. The highest BCUT2D eigenvalue weighted by Gasteiger charge is 1.91. The van der Waals surface area contributed by atoms with E-state index in [1.807, 2.05) is 6.07 Å². The number of rotatable bonds is 3. The monoisotopic (exact) mass is 178 g/mol. The van der Waals surface area contributed by atoms with Crippen LogP contribution in [0.1, 0.15) is 5.56 Å². The molecule has 0 N–H and O–H groups in total. The number of hydrogen-bond acceptors (Lipinski definition) is 2. The number of halogens is 1. The molecule has 13 heavy (non-hydrogen) atoms. The molecule has 0 radical (unpaired) electrons. The van der Waals surface area contributed by atoms with Gasteiger partial charge >= 0.3 is 0 Å². The molecule has 0 atom stereocenters. The van der Waals surface area contributed by atoms with Crippen LogP contribution < -0.4 is 0 Å². The lowest BCUT2D eigenvalue weighted by Crippen LogP contribution is -1.84. The van der Waals surface area contributed by atoms with Crippen molar-refractivity contribution >= 4 is 12.4 Å². The van der Waals surface area contributed by atoms with E-state index in [-0.39, 0.29) is 5.82 Å². The maximum atomic E-state index is 12.7. The van der Waals surface area contributed by atoms with E-state index in [2.05, 4.69) is 9.98 Å². The molecule has 1 aromatic rings. The SMILES string of the molecule is CN=CC=NCc1cccc(F)c1. The molecular weight excluding hydrogens is 167 g/mol. The fraction of sp³-hybridized carbons (Fsp3) is 0.200. The Labute approximate surface area is 76.8 Å². The Kier molecular flexibility index (Phi) is 3.82. The van der Waals surface area contributed by atoms with Crippen molar-refractivity contribution < 1.29 is 4.39 Å². The third-order valence-electron chi connectivity index (χ3n) is 1.48. The molecule has 0 fully saturated rings. The summed E-state index contributed by atoms with van der Waals surface area (Å²) in [7, 11) is 1.67. The van der Waals surface area contributed by atoms with Crippen molar-refractivity contribution in [1.29, 1.82) is 0 Å². The molecule has 2 nitrogen and oxygen atoms in total. The predicted molar refractivity (Wildman–Crippen MR) is 53.0 cm³/mol. The van der Waals surface area contributed by atoms with Gasteiger partial charge in [-0.25, -0.2) is 4.39 Å². The predicted octanol–water partition coefficient (Wildman–Crippen LogP) is 2.10. The molecule has 0 bridgehead atoms. The molecule has 0 saturated carbocycles. The number of aliphatic imine (C=N–C) groups is 2. The molecule has 0 aliphatic heterocycles. The van der Waals surface area contributed by atoms with Crippen LogP contribution in [0.15, 0.2) is 34.3 Å². The van der Waals surface area contributed by atoms with Crippen molar-refractivity contribution in [3.8, 4) is 0 Å². The van der Waals surface area contributed by atoms with Gasteiger partial charge in [0.05, 0.1) is 6.54 Å². The van der Waals surface area contributed by atoms with Crippen LogP contribution in [0, 0.1) is 5.82 Å². The Bertz CT molecular complexity index is 318. The van der Waals surface area contributed by atoms with E-state index >= 15 is 0 Å². The second-order valence-electron chi connectivity index (χ2n) is 2.53. The molecule has 0 aliphatic carbocycles. The molecule has 0 spiro atoms. The van der Waals surface area contributed by atoms with Crippen molar-refractivity contribution in [3.63, 3.8) is 0 Å². The first-order valence-corrected chi connectivity index (χ1v) is 3.98.